The second-order valence-corrected chi connectivity index (χ2v) is 17.2. The van der Waals surface area contributed by atoms with Crippen molar-refractivity contribution in [1.82, 2.24) is 31.2 Å². The third kappa shape index (κ3) is 12.4. The number of primary amides is 2. The molecular formula is C40H59N9O11. The number of nitrogens with two attached hydrogens (primary N) is 2. The van der Waals surface area contributed by atoms with Crippen molar-refractivity contribution in [3.63, 3.8) is 0 Å². The van der Waals surface area contributed by atoms with Crippen LogP contribution in [0, 0.1) is 27.4 Å². The molecule has 7 amide bonds. The van der Waals surface area contributed by atoms with Gasteiger partial charge >= 0.3 is 5.69 Å². The number of ketones is 1. The Kier molecular flexibility index (Phi) is 16.5. The normalized spacial score (nSPS) is 19.7. The maximum atomic E-state index is 14.6. The number of hydrogen-bond acceptors (Lipinski definition) is 12. The molecule has 20 nitrogen and oxygen atoms in total. The Labute approximate surface area is 348 Å². The number of likely N-dealkylation sites (tertiary alicyclic amines) is 1. The van der Waals surface area contributed by atoms with Gasteiger partial charge in [0, 0.05) is 25.2 Å². The molecule has 20 heteroatoms. The van der Waals surface area contributed by atoms with E-state index in [0.29, 0.717) is 25.7 Å². The lowest BCUT2D eigenvalue weighted by Gasteiger charge is -2.41. The van der Waals surface area contributed by atoms with Gasteiger partial charge in [-0.1, -0.05) is 59.3 Å². The number of carbonyl (C=O) groups excluding carboxylic acids is 8. The number of amides is 7. The molecule has 3 aliphatic rings. The molecule has 1 aliphatic heterocycles. The van der Waals surface area contributed by atoms with E-state index in [-0.39, 0.29) is 24.8 Å². The Balaban J connectivity index is 1.57. The van der Waals surface area contributed by atoms with Gasteiger partial charge in [-0.05, 0) is 68.6 Å². The van der Waals surface area contributed by atoms with E-state index in [1.807, 2.05) is 0 Å². The first-order chi connectivity index (χ1) is 28.3. The van der Waals surface area contributed by atoms with Crippen LogP contribution in [0.5, 0.6) is 5.88 Å². The first kappa shape index (κ1) is 47.0. The molecular weight excluding hydrogens is 782 g/mol. The van der Waals surface area contributed by atoms with Gasteiger partial charge < -0.3 is 42.7 Å². The van der Waals surface area contributed by atoms with Crippen molar-refractivity contribution in [2.24, 2.45) is 28.7 Å². The predicted octanol–water partition coefficient (Wildman–Crippen LogP) is 1.16. The summed E-state index contributed by atoms with van der Waals surface area (Å²) in [6, 6.07) is -5.07. The number of aromatic hydroxyl groups is 1. The van der Waals surface area contributed by atoms with Crippen molar-refractivity contribution in [2.45, 2.75) is 147 Å². The Morgan fingerprint density at radius 2 is 1.42 bits per heavy atom. The molecule has 1 aromatic rings. The topological polar surface area (TPSA) is 316 Å². The molecule has 0 spiro atoms. The lowest BCUT2D eigenvalue weighted by molar-refractivity contribution is -0.386. The fourth-order valence-corrected chi connectivity index (χ4v) is 8.39. The van der Waals surface area contributed by atoms with Crippen LogP contribution in [-0.4, -0.2) is 104 Å². The van der Waals surface area contributed by atoms with Crippen LogP contribution in [0.4, 0.5) is 5.69 Å². The number of nitrogens with one attached hydrogen (secondary N) is 4. The van der Waals surface area contributed by atoms with Crippen molar-refractivity contribution >= 4 is 52.8 Å². The highest BCUT2D eigenvalue weighted by Gasteiger charge is 2.44. The average molecular weight is 842 g/mol. The number of nitro groups is 1. The zero-order valence-electron chi connectivity index (χ0n) is 34.5. The first-order valence-electron chi connectivity index (χ1n) is 20.8. The molecule has 0 aromatic carbocycles. The highest BCUT2D eigenvalue weighted by Crippen LogP contribution is 2.31. The van der Waals surface area contributed by atoms with E-state index in [1.165, 1.54) is 4.90 Å². The Bertz CT molecular complexity index is 1800. The van der Waals surface area contributed by atoms with E-state index in [1.54, 1.807) is 20.8 Å². The lowest BCUT2D eigenvalue weighted by Crippen LogP contribution is -2.64. The summed E-state index contributed by atoms with van der Waals surface area (Å²) in [4.78, 5) is 122. The molecule has 1 aromatic heterocycles. The van der Waals surface area contributed by atoms with Gasteiger partial charge in [0.2, 0.25) is 35.3 Å². The van der Waals surface area contributed by atoms with E-state index in [9.17, 15) is 53.6 Å². The number of Topliss-reactive ketones (excluding diaryl/α,β-unsaturated/α-hetero) is 1. The second kappa shape index (κ2) is 21.0. The van der Waals surface area contributed by atoms with Gasteiger partial charge in [-0.3, -0.25) is 48.5 Å². The van der Waals surface area contributed by atoms with Crippen LogP contribution in [0.1, 0.15) is 127 Å². The quantitative estimate of drug-likeness (QED) is 0.0660. The van der Waals surface area contributed by atoms with E-state index in [2.05, 4.69) is 26.3 Å². The summed E-state index contributed by atoms with van der Waals surface area (Å²) in [6.45, 7) is 5.16. The second-order valence-electron chi connectivity index (χ2n) is 17.2. The van der Waals surface area contributed by atoms with Gasteiger partial charge in [0.05, 0.1) is 10.5 Å². The summed E-state index contributed by atoms with van der Waals surface area (Å²) >= 11 is 0. The lowest BCUT2D eigenvalue weighted by atomic mass is 9.81. The molecule has 9 N–H and O–H groups in total. The molecule has 4 rings (SSSR count). The third-order valence-electron chi connectivity index (χ3n) is 11.8. The van der Waals surface area contributed by atoms with E-state index < -0.39 is 118 Å². The maximum Gasteiger partial charge on any atom is 0.331 e. The van der Waals surface area contributed by atoms with Crippen LogP contribution >= 0.6 is 0 Å². The summed E-state index contributed by atoms with van der Waals surface area (Å²) in [7, 11) is 0. The number of carbonyl (C=O) groups is 8. The number of hydrogen-bond donors (Lipinski definition) is 7. The molecule has 5 atom stereocenters. The standard InChI is InChI=1S/C40H59N9O11/c1-40(2,3)31(47-35(54)25(17-18-28(50)32(41)51)44-34(53)24-20-27(49(59)60)36(55)43-21-24)39(58)48-19-11-10-16-26(48)37(56)46-30(23-14-8-5-9-15-23)38(57)45-29(33(42)52)22-12-6-4-7-13-22/h20-23,25-26,29-31H,4-19H2,1-3H3,(H2,41,51)(H2,42,52)(H,43,55)(H,44,53)(H,45,57)(H,46,56)(H,47,54)/t25-,26+,29-,30-,31+/m0/s1. The fourth-order valence-electron chi connectivity index (χ4n) is 8.39. The van der Waals surface area contributed by atoms with E-state index in [0.717, 1.165) is 63.6 Å². The van der Waals surface area contributed by atoms with Crippen molar-refractivity contribution < 1.29 is 48.4 Å². The smallest absolute Gasteiger partial charge is 0.331 e. The minimum absolute atomic E-state index is 0.110. The first-order valence-corrected chi connectivity index (χ1v) is 20.8. The summed E-state index contributed by atoms with van der Waals surface area (Å²) < 4.78 is 0. The largest absolute Gasteiger partial charge is 0.488 e. The molecule has 3 fully saturated rings. The van der Waals surface area contributed by atoms with E-state index in [4.69, 9.17) is 11.5 Å². The monoisotopic (exact) mass is 841 g/mol. The molecule has 60 heavy (non-hydrogen) atoms. The van der Waals surface area contributed by atoms with Gasteiger partial charge in [-0.2, -0.15) is 0 Å². The van der Waals surface area contributed by atoms with Gasteiger partial charge in [0.25, 0.3) is 17.7 Å². The molecule has 330 valence electrons. The van der Waals surface area contributed by atoms with Crippen molar-refractivity contribution in [3.05, 3.63) is 27.9 Å². The van der Waals surface area contributed by atoms with Crippen molar-refractivity contribution in [3.8, 4) is 5.88 Å². The molecule has 0 radical (unpaired) electrons. The highest BCUT2D eigenvalue weighted by molar-refractivity contribution is 6.35. The predicted molar refractivity (Wildman–Crippen MR) is 214 cm³/mol. The maximum absolute atomic E-state index is 14.6. The number of pyridine rings is 1. The minimum atomic E-state index is -1.58. The Hall–Kier alpha value is -5.69. The molecule has 2 aliphatic carbocycles. The summed E-state index contributed by atoms with van der Waals surface area (Å²) in [5, 5.41) is 31.9. The van der Waals surface area contributed by atoms with Crippen LogP contribution in [-0.2, 0) is 33.6 Å². The van der Waals surface area contributed by atoms with Crippen LogP contribution in [0.2, 0.25) is 0 Å². The number of piperidine rings is 1. The SMILES string of the molecule is CC(C)(C)[C@H](NC(=O)[C@H](CCC(=O)C(N)=O)NC(=O)c1cnc(O)c([N+](=O)[O-])c1)C(=O)N1CCCC[C@@H]1C(=O)N[C@H](C(=O)N[C@H](C(N)=O)C1CCCCC1)C1CCCCC1. The third-order valence-corrected chi connectivity index (χ3v) is 11.8. The van der Waals surface area contributed by atoms with Gasteiger partial charge in [0.15, 0.2) is 0 Å². The highest BCUT2D eigenvalue weighted by atomic mass is 16.6. The number of aromatic nitrogens is 1. The molecule has 0 unspecified atom stereocenters. The summed E-state index contributed by atoms with van der Waals surface area (Å²) in [6.07, 6.45) is 9.60. The fraction of sp³-hybridized carbons (Fsp3) is 0.675. The van der Waals surface area contributed by atoms with Crippen LogP contribution in [0.25, 0.3) is 0 Å². The molecule has 2 saturated carbocycles. The van der Waals surface area contributed by atoms with Crippen LogP contribution in [0.15, 0.2) is 12.3 Å². The van der Waals surface area contributed by atoms with Crippen molar-refractivity contribution in [2.75, 3.05) is 6.54 Å². The van der Waals surface area contributed by atoms with Gasteiger partial charge in [0.1, 0.15) is 30.2 Å². The Morgan fingerprint density at radius 3 is 1.97 bits per heavy atom. The van der Waals surface area contributed by atoms with Crippen molar-refractivity contribution in [1.29, 1.82) is 0 Å². The van der Waals surface area contributed by atoms with E-state index >= 15 is 0 Å². The summed E-state index contributed by atoms with van der Waals surface area (Å²) in [5.74, 6) is -7.94. The zero-order valence-corrected chi connectivity index (χ0v) is 34.5. The number of nitrogens with zero attached hydrogens (tertiary/aromatic N) is 3. The average Bonchev–Trinajstić information content (AvgIpc) is 3.21. The van der Waals surface area contributed by atoms with Gasteiger partial charge in [-0.15, -0.1) is 0 Å². The molecule has 0 bridgehead atoms. The number of rotatable bonds is 17. The van der Waals surface area contributed by atoms with Crippen LogP contribution in [0.3, 0.4) is 0 Å². The Morgan fingerprint density at radius 1 is 0.833 bits per heavy atom. The molecule has 2 heterocycles. The zero-order chi connectivity index (χ0) is 44.3. The minimum Gasteiger partial charge on any atom is -0.488 e. The van der Waals surface area contributed by atoms with Crippen LogP contribution < -0.4 is 32.7 Å². The molecule has 1 saturated heterocycles. The summed E-state index contributed by atoms with van der Waals surface area (Å²) in [5.41, 5.74) is 8.60. The van der Waals surface area contributed by atoms with Gasteiger partial charge in [-0.25, -0.2) is 4.98 Å².